The molecule has 0 radical (unpaired) electrons. The fourth-order valence-corrected chi connectivity index (χ4v) is 2.85. The Hall–Kier alpha value is -2.44. The summed E-state index contributed by atoms with van der Waals surface area (Å²) in [5, 5.41) is 8.90. The van der Waals surface area contributed by atoms with Gasteiger partial charge in [-0.1, -0.05) is 26.0 Å². The topological polar surface area (TPSA) is 77.9 Å². The van der Waals surface area contributed by atoms with Crippen LogP contribution < -0.4 is 0 Å². The van der Waals surface area contributed by atoms with Gasteiger partial charge in [0.2, 0.25) is 11.6 Å². The van der Waals surface area contributed by atoms with E-state index >= 15 is 0 Å². The quantitative estimate of drug-likeness (QED) is 0.880. The van der Waals surface area contributed by atoms with Crippen LogP contribution in [0.2, 0.25) is 0 Å². The number of halogens is 1. The molecule has 2 rings (SSSR count). The third kappa shape index (κ3) is 4.15. The lowest BCUT2D eigenvalue weighted by Gasteiger charge is -2.20. The molecule has 136 valence electrons. The van der Waals surface area contributed by atoms with Crippen LogP contribution in [0.5, 0.6) is 0 Å². The highest BCUT2D eigenvalue weighted by atomic mass is 19.1. The number of likely N-dealkylation sites (tertiary alicyclic amines) is 1. The smallest absolute Gasteiger partial charge is 0.343 e. The van der Waals surface area contributed by atoms with E-state index in [0.29, 0.717) is 12.1 Å². The minimum atomic E-state index is -2.37. The van der Waals surface area contributed by atoms with Crippen LogP contribution in [0.25, 0.3) is 0 Å². The molecule has 1 unspecified atom stereocenters. The monoisotopic (exact) mass is 350 g/mol. The molecule has 1 saturated heterocycles. The fraction of sp³-hybridized carbons (Fsp3) is 0.500. The van der Waals surface area contributed by atoms with Crippen molar-refractivity contribution in [3.8, 4) is 0 Å². The van der Waals surface area contributed by atoms with Crippen LogP contribution in [0.15, 0.2) is 24.3 Å². The Balaban J connectivity index is 2.02. The number of hydrogen-bond donors (Lipinski definition) is 1. The molecule has 1 heterocycles. The Morgan fingerprint density at radius 3 is 2.36 bits per heavy atom. The number of carboxylic acids is 1. The van der Waals surface area contributed by atoms with Gasteiger partial charge in [0.1, 0.15) is 0 Å². The molecular weight excluding hydrogens is 327 g/mol. The minimum absolute atomic E-state index is 0.0326. The van der Waals surface area contributed by atoms with Gasteiger partial charge in [-0.3, -0.25) is 9.59 Å². The minimum Gasteiger partial charge on any atom is -0.479 e. The van der Waals surface area contributed by atoms with Gasteiger partial charge in [0.15, 0.2) is 0 Å². The number of alkyl halides is 1. The van der Waals surface area contributed by atoms with Crippen LogP contribution >= 0.6 is 0 Å². The number of rotatable bonds is 5. The van der Waals surface area contributed by atoms with Gasteiger partial charge in [-0.15, -0.1) is 0 Å². The molecule has 0 spiro atoms. The highest BCUT2D eigenvalue weighted by Crippen LogP contribution is 2.27. The molecule has 1 aromatic carbocycles. The summed E-state index contributed by atoms with van der Waals surface area (Å²) in [6.07, 6.45) is -0.200. The number of amides is 2. The number of carbonyl (C=O) groups excluding carboxylic acids is 2. The molecule has 0 bridgehead atoms. The Morgan fingerprint density at radius 1 is 1.28 bits per heavy atom. The molecule has 0 aliphatic carbocycles. The maximum absolute atomic E-state index is 14.1. The summed E-state index contributed by atoms with van der Waals surface area (Å²) >= 11 is 0. The number of carbonyl (C=O) groups is 3. The second-order valence-corrected chi connectivity index (χ2v) is 6.79. The normalized spacial score (nSPS) is 20.0. The first-order valence-electron chi connectivity index (χ1n) is 8.19. The van der Waals surface area contributed by atoms with Gasteiger partial charge in [-0.25, -0.2) is 9.18 Å². The Morgan fingerprint density at radius 2 is 1.88 bits per heavy atom. The standard InChI is InChI=1S/C18H23FN2O4/c1-12(2)15(22)20(3)10-13-4-6-14(7-5-13)16(23)21-9-8-18(19,11-21)17(24)25/h4-7,12H,8-11H2,1-3H3,(H,24,25). The number of nitrogens with zero attached hydrogens (tertiary/aromatic N) is 2. The molecule has 1 N–H and O–H groups in total. The summed E-state index contributed by atoms with van der Waals surface area (Å²) < 4.78 is 14.1. The van der Waals surface area contributed by atoms with Gasteiger partial charge >= 0.3 is 5.97 Å². The maximum atomic E-state index is 14.1. The predicted molar refractivity (Wildman–Crippen MR) is 89.7 cm³/mol. The highest BCUT2D eigenvalue weighted by molar-refractivity contribution is 5.95. The molecule has 1 fully saturated rings. The summed E-state index contributed by atoms with van der Waals surface area (Å²) in [7, 11) is 1.72. The zero-order valence-corrected chi connectivity index (χ0v) is 14.7. The van der Waals surface area contributed by atoms with E-state index in [1.165, 1.54) is 4.90 Å². The lowest BCUT2D eigenvalue weighted by Crippen LogP contribution is -2.38. The Labute approximate surface area is 146 Å². The van der Waals surface area contributed by atoms with Crippen molar-refractivity contribution in [2.45, 2.75) is 32.5 Å². The van der Waals surface area contributed by atoms with Crippen molar-refractivity contribution in [1.82, 2.24) is 9.80 Å². The van der Waals surface area contributed by atoms with Gasteiger partial charge < -0.3 is 14.9 Å². The van der Waals surface area contributed by atoms with Crippen LogP contribution in [-0.4, -0.2) is 58.5 Å². The van der Waals surface area contributed by atoms with Crippen molar-refractivity contribution in [1.29, 1.82) is 0 Å². The molecule has 7 heteroatoms. The number of benzene rings is 1. The van der Waals surface area contributed by atoms with Crippen molar-refractivity contribution in [2.75, 3.05) is 20.1 Å². The Kier molecular flexibility index (Phi) is 5.45. The van der Waals surface area contributed by atoms with Crippen molar-refractivity contribution >= 4 is 17.8 Å². The summed E-state index contributed by atoms with van der Waals surface area (Å²) in [5.41, 5.74) is -1.12. The molecule has 1 aromatic rings. The van der Waals surface area contributed by atoms with E-state index in [-0.39, 0.29) is 30.7 Å². The lowest BCUT2D eigenvalue weighted by molar-refractivity contribution is -0.149. The molecule has 6 nitrogen and oxygen atoms in total. The third-order valence-electron chi connectivity index (χ3n) is 4.38. The van der Waals surface area contributed by atoms with Crippen molar-refractivity contribution in [2.24, 2.45) is 5.92 Å². The lowest BCUT2D eigenvalue weighted by atomic mass is 10.1. The van der Waals surface area contributed by atoms with E-state index in [1.807, 2.05) is 13.8 Å². The van der Waals surface area contributed by atoms with E-state index in [9.17, 15) is 18.8 Å². The van der Waals surface area contributed by atoms with Crippen LogP contribution in [0, 0.1) is 5.92 Å². The van der Waals surface area contributed by atoms with Crippen molar-refractivity contribution < 1.29 is 23.9 Å². The van der Waals surface area contributed by atoms with Crippen LogP contribution in [0.3, 0.4) is 0 Å². The first kappa shape index (κ1) is 18.9. The molecule has 25 heavy (non-hydrogen) atoms. The van der Waals surface area contributed by atoms with E-state index in [1.54, 1.807) is 36.2 Å². The maximum Gasteiger partial charge on any atom is 0.343 e. The number of aliphatic carboxylic acids is 1. The summed E-state index contributed by atoms with van der Waals surface area (Å²) in [6.45, 7) is 3.74. The van der Waals surface area contributed by atoms with Gasteiger partial charge in [0.05, 0.1) is 6.54 Å². The molecular formula is C18H23FN2O4. The fourth-order valence-electron chi connectivity index (χ4n) is 2.85. The Bertz CT molecular complexity index is 674. The van der Waals surface area contributed by atoms with Gasteiger partial charge in [-0.2, -0.15) is 0 Å². The van der Waals surface area contributed by atoms with E-state index < -0.39 is 18.2 Å². The zero-order chi connectivity index (χ0) is 18.8. The number of hydrogen-bond acceptors (Lipinski definition) is 3. The van der Waals surface area contributed by atoms with Crippen LogP contribution in [0.4, 0.5) is 4.39 Å². The highest BCUT2D eigenvalue weighted by Gasteiger charge is 2.46. The summed E-state index contributed by atoms with van der Waals surface area (Å²) in [5.74, 6) is -1.98. The third-order valence-corrected chi connectivity index (χ3v) is 4.38. The van der Waals surface area contributed by atoms with E-state index in [0.717, 1.165) is 5.56 Å². The summed E-state index contributed by atoms with van der Waals surface area (Å²) in [6, 6.07) is 6.72. The molecule has 1 atom stereocenters. The SMILES string of the molecule is CC(C)C(=O)N(C)Cc1ccc(C(=O)N2CCC(F)(C(=O)O)C2)cc1. The largest absolute Gasteiger partial charge is 0.479 e. The molecule has 0 saturated carbocycles. The van der Waals surface area contributed by atoms with Gasteiger partial charge in [0, 0.05) is 38.0 Å². The molecule has 1 aliphatic heterocycles. The van der Waals surface area contributed by atoms with Gasteiger partial charge in [0.25, 0.3) is 5.91 Å². The van der Waals surface area contributed by atoms with E-state index in [2.05, 4.69) is 0 Å². The average Bonchev–Trinajstić information content (AvgIpc) is 2.98. The zero-order valence-electron chi connectivity index (χ0n) is 14.7. The average molecular weight is 350 g/mol. The second-order valence-electron chi connectivity index (χ2n) is 6.79. The van der Waals surface area contributed by atoms with Crippen molar-refractivity contribution in [3.05, 3.63) is 35.4 Å². The number of carboxylic acid groups (broad SMARTS) is 1. The molecule has 2 amide bonds. The van der Waals surface area contributed by atoms with Gasteiger partial charge in [-0.05, 0) is 17.7 Å². The van der Waals surface area contributed by atoms with Crippen LogP contribution in [0.1, 0.15) is 36.2 Å². The first-order valence-corrected chi connectivity index (χ1v) is 8.19. The summed E-state index contributed by atoms with van der Waals surface area (Å²) in [4.78, 5) is 38.1. The van der Waals surface area contributed by atoms with Crippen molar-refractivity contribution in [3.63, 3.8) is 0 Å². The predicted octanol–water partition coefficient (Wildman–Crippen LogP) is 1.94. The second kappa shape index (κ2) is 7.21. The van der Waals surface area contributed by atoms with Crippen LogP contribution in [-0.2, 0) is 16.1 Å². The first-order chi connectivity index (χ1) is 11.6. The molecule has 0 aromatic heterocycles. The molecule has 1 aliphatic rings. The van der Waals surface area contributed by atoms with E-state index in [4.69, 9.17) is 5.11 Å².